The molecule has 2 nitrogen and oxygen atoms in total. The van der Waals surface area contributed by atoms with Gasteiger partial charge in [-0.1, -0.05) is 30.3 Å². The van der Waals surface area contributed by atoms with Gasteiger partial charge in [0.05, 0.1) is 16.1 Å². The molecule has 0 amide bonds. The summed E-state index contributed by atoms with van der Waals surface area (Å²) in [6.07, 6.45) is 1.93. The summed E-state index contributed by atoms with van der Waals surface area (Å²) in [4.78, 5) is 12.0. The summed E-state index contributed by atoms with van der Waals surface area (Å²) in [5, 5.41) is 0. The van der Waals surface area contributed by atoms with Crippen molar-refractivity contribution in [2.24, 2.45) is 0 Å². The summed E-state index contributed by atoms with van der Waals surface area (Å²) in [5.41, 5.74) is 4.56. The third-order valence-corrected chi connectivity index (χ3v) is 3.62. The highest BCUT2D eigenvalue weighted by Crippen LogP contribution is 2.30. The Morgan fingerprint density at radius 3 is 2.43 bits per heavy atom. The largest absolute Gasteiger partial charge is 0.465 e. The second kappa shape index (κ2) is 7.05. The Morgan fingerprint density at radius 1 is 1.10 bits per heavy atom. The van der Waals surface area contributed by atoms with Crippen LogP contribution in [0.5, 0.6) is 0 Å². The van der Waals surface area contributed by atoms with Crippen LogP contribution in [0.15, 0.2) is 45.9 Å². The smallest absolute Gasteiger partial charge is 0.338 e. The predicted molar refractivity (Wildman–Crippen MR) is 93.8 cm³/mol. The quantitative estimate of drug-likeness (QED) is 0.622. The van der Waals surface area contributed by atoms with Crippen molar-refractivity contribution < 1.29 is 9.53 Å². The molecule has 0 aliphatic heterocycles. The fourth-order valence-electron chi connectivity index (χ4n) is 2.16. The predicted octanol–water partition coefficient (Wildman–Crippen LogP) is 5.54. The van der Waals surface area contributed by atoms with Crippen LogP contribution in [-0.4, -0.2) is 13.1 Å². The first-order valence-electron chi connectivity index (χ1n) is 6.34. The van der Waals surface area contributed by atoms with Crippen molar-refractivity contribution >= 4 is 43.9 Å². The summed E-state index contributed by atoms with van der Waals surface area (Å²) < 4.78 is 5.73. The minimum Gasteiger partial charge on any atom is -0.465 e. The summed E-state index contributed by atoms with van der Waals surface area (Å²) in [6.45, 7) is 2.03. The van der Waals surface area contributed by atoms with Crippen molar-refractivity contribution in [2.45, 2.75) is 6.92 Å². The van der Waals surface area contributed by atoms with Crippen molar-refractivity contribution in [3.63, 3.8) is 0 Å². The van der Waals surface area contributed by atoms with Gasteiger partial charge in [-0.3, -0.25) is 0 Å². The molecular weight excluding hydrogens is 396 g/mol. The Balaban J connectivity index is 2.67. The topological polar surface area (TPSA) is 26.3 Å². The zero-order valence-electron chi connectivity index (χ0n) is 11.7. The number of halogens is 2. The average Bonchev–Trinajstić information content (AvgIpc) is 2.46. The van der Waals surface area contributed by atoms with Crippen LogP contribution >= 0.6 is 31.9 Å². The van der Waals surface area contributed by atoms with Gasteiger partial charge >= 0.3 is 5.97 Å². The summed E-state index contributed by atoms with van der Waals surface area (Å²) in [7, 11) is 1.40. The molecule has 0 bridgehead atoms. The highest BCUT2D eigenvalue weighted by molar-refractivity contribution is 9.28. The van der Waals surface area contributed by atoms with E-state index in [1.807, 2.05) is 49.4 Å². The molecule has 0 atom stereocenters. The molecule has 0 unspecified atom stereocenters. The summed E-state index contributed by atoms with van der Waals surface area (Å²) in [5.74, 6) is -0.332. The molecule has 0 aromatic heterocycles. The van der Waals surface area contributed by atoms with E-state index in [1.54, 1.807) is 6.07 Å². The molecule has 0 radical (unpaired) electrons. The third-order valence-electron chi connectivity index (χ3n) is 3.16. The van der Waals surface area contributed by atoms with Crippen LogP contribution in [0.25, 0.3) is 17.2 Å². The molecule has 2 rings (SSSR count). The van der Waals surface area contributed by atoms with Gasteiger partial charge in [0.25, 0.3) is 0 Å². The maximum atomic E-state index is 12.0. The van der Waals surface area contributed by atoms with Crippen LogP contribution < -0.4 is 0 Å². The highest BCUT2D eigenvalue weighted by Gasteiger charge is 2.14. The number of ether oxygens (including phenoxy) is 1. The molecule has 0 spiro atoms. The maximum absolute atomic E-state index is 12.0. The Morgan fingerprint density at radius 2 is 1.81 bits per heavy atom. The van der Waals surface area contributed by atoms with E-state index in [1.165, 1.54) is 7.11 Å². The standard InChI is InChI=1S/C17H14Br2O2/c1-11-5-3-4-6-13(11)15-9-12(10-16(18)19)7-8-14(15)17(20)21-2/h3-10H,1-2H3. The van der Waals surface area contributed by atoms with E-state index >= 15 is 0 Å². The molecule has 2 aromatic rings. The van der Waals surface area contributed by atoms with Crippen LogP contribution in [0.4, 0.5) is 0 Å². The molecule has 0 heterocycles. The van der Waals surface area contributed by atoms with Gasteiger partial charge in [-0.25, -0.2) is 4.79 Å². The molecule has 0 saturated heterocycles. The number of carbonyl (C=O) groups is 1. The number of carbonyl (C=O) groups excluding carboxylic acids is 1. The zero-order chi connectivity index (χ0) is 15.4. The lowest BCUT2D eigenvalue weighted by atomic mass is 9.94. The molecule has 0 fully saturated rings. The Bertz CT molecular complexity index is 702. The van der Waals surface area contributed by atoms with Crippen LogP contribution in [0.3, 0.4) is 0 Å². The first-order chi connectivity index (χ1) is 10.0. The SMILES string of the molecule is COC(=O)c1ccc(C=C(Br)Br)cc1-c1ccccc1C. The monoisotopic (exact) mass is 408 g/mol. The number of rotatable bonds is 3. The fourth-order valence-corrected chi connectivity index (χ4v) is 2.69. The van der Waals surface area contributed by atoms with Crippen molar-refractivity contribution in [2.75, 3.05) is 7.11 Å². The minimum absolute atomic E-state index is 0.332. The first-order valence-corrected chi connectivity index (χ1v) is 7.92. The Labute approximate surface area is 141 Å². The number of benzene rings is 2. The van der Waals surface area contributed by atoms with Gasteiger partial charge < -0.3 is 4.74 Å². The van der Waals surface area contributed by atoms with Crippen LogP contribution in [0, 0.1) is 6.92 Å². The van der Waals surface area contributed by atoms with Gasteiger partial charge in [0.2, 0.25) is 0 Å². The van der Waals surface area contributed by atoms with Crippen LogP contribution in [-0.2, 0) is 4.74 Å². The molecule has 0 saturated carbocycles. The second-order valence-electron chi connectivity index (χ2n) is 4.55. The van der Waals surface area contributed by atoms with Crippen molar-refractivity contribution in [3.8, 4) is 11.1 Å². The van der Waals surface area contributed by atoms with E-state index in [2.05, 4.69) is 31.9 Å². The molecule has 0 aliphatic carbocycles. The maximum Gasteiger partial charge on any atom is 0.338 e. The van der Waals surface area contributed by atoms with Crippen LogP contribution in [0.1, 0.15) is 21.5 Å². The fraction of sp³-hybridized carbons (Fsp3) is 0.118. The van der Waals surface area contributed by atoms with E-state index in [-0.39, 0.29) is 5.97 Å². The first kappa shape index (κ1) is 16.0. The van der Waals surface area contributed by atoms with Gasteiger partial charge in [0.1, 0.15) is 0 Å². The molecular formula is C17H14Br2O2. The lowest BCUT2D eigenvalue weighted by Gasteiger charge is -2.12. The summed E-state index contributed by atoms with van der Waals surface area (Å²) >= 11 is 6.71. The van der Waals surface area contributed by atoms with Crippen LogP contribution in [0.2, 0.25) is 0 Å². The lowest BCUT2D eigenvalue weighted by Crippen LogP contribution is -2.04. The van der Waals surface area contributed by atoms with E-state index < -0.39 is 0 Å². The molecule has 0 aliphatic rings. The number of esters is 1. The molecule has 108 valence electrons. The van der Waals surface area contributed by atoms with Gasteiger partial charge in [0.15, 0.2) is 0 Å². The number of aryl methyl sites for hydroxylation is 1. The number of methoxy groups -OCH3 is 1. The van der Waals surface area contributed by atoms with Crippen molar-refractivity contribution in [1.82, 2.24) is 0 Å². The van der Waals surface area contributed by atoms with Gasteiger partial charge in [-0.05, 0) is 79.2 Å². The minimum atomic E-state index is -0.332. The summed E-state index contributed by atoms with van der Waals surface area (Å²) in [6, 6.07) is 13.6. The van der Waals surface area contributed by atoms with Crippen molar-refractivity contribution in [3.05, 3.63) is 62.5 Å². The average molecular weight is 410 g/mol. The zero-order valence-corrected chi connectivity index (χ0v) is 14.9. The van der Waals surface area contributed by atoms with Gasteiger partial charge in [-0.2, -0.15) is 0 Å². The van der Waals surface area contributed by atoms with Gasteiger partial charge in [-0.15, -0.1) is 0 Å². The molecule has 4 heteroatoms. The lowest BCUT2D eigenvalue weighted by molar-refractivity contribution is 0.0601. The number of hydrogen-bond acceptors (Lipinski definition) is 2. The molecule has 21 heavy (non-hydrogen) atoms. The molecule has 0 N–H and O–H groups in total. The normalized spacial score (nSPS) is 10.1. The van der Waals surface area contributed by atoms with E-state index in [0.717, 1.165) is 25.6 Å². The van der Waals surface area contributed by atoms with Crippen molar-refractivity contribution in [1.29, 1.82) is 0 Å². The van der Waals surface area contributed by atoms with E-state index in [0.29, 0.717) is 5.56 Å². The highest BCUT2D eigenvalue weighted by atomic mass is 79.9. The third kappa shape index (κ3) is 3.83. The Hall–Kier alpha value is -1.39. The van der Waals surface area contributed by atoms with E-state index in [4.69, 9.17) is 4.74 Å². The second-order valence-corrected chi connectivity index (χ2v) is 7.32. The van der Waals surface area contributed by atoms with E-state index in [9.17, 15) is 4.79 Å². The van der Waals surface area contributed by atoms with Gasteiger partial charge in [0, 0.05) is 0 Å². The Kier molecular flexibility index (Phi) is 5.37. The number of hydrogen-bond donors (Lipinski definition) is 0. The molecule has 2 aromatic carbocycles.